The van der Waals surface area contributed by atoms with E-state index in [4.69, 9.17) is 14.6 Å². The number of benzene rings is 3. The minimum Gasteiger partial charge on any atom is -0.493 e. The summed E-state index contributed by atoms with van der Waals surface area (Å²) in [6.07, 6.45) is 1.38. The van der Waals surface area contributed by atoms with Gasteiger partial charge in [-0.25, -0.2) is 14.5 Å². The molecule has 2 N–H and O–H groups in total. The Hall–Kier alpha value is -4.92. The van der Waals surface area contributed by atoms with E-state index in [1.54, 1.807) is 42.5 Å². The van der Waals surface area contributed by atoms with E-state index < -0.39 is 23.8 Å². The maximum Gasteiger partial charge on any atom is 0.335 e. The summed E-state index contributed by atoms with van der Waals surface area (Å²) >= 11 is 0. The molecule has 0 aromatic heterocycles. The largest absolute Gasteiger partial charge is 0.493 e. The number of imide groups is 2. The number of barbiturate groups is 1. The molecule has 4 amide bonds. The summed E-state index contributed by atoms with van der Waals surface area (Å²) in [7, 11) is 1.45. The number of ether oxygens (including phenoxy) is 2. The van der Waals surface area contributed by atoms with Crippen molar-refractivity contribution in [1.82, 2.24) is 5.32 Å². The van der Waals surface area contributed by atoms with Crippen LogP contribution in [-0.4, -0.2) is 36.0 Å². The summed E-state index contributed by atoms with van der Waals surface area (Å²) in [4.78, 5) is 50.4. The van der Waals surface area contributed by atoms with Crippen molar-refractivity contribution < 1.29 is 33.8 Å². The third-order valence-electron chi connectivity index (χ3n) is 5.63. The number of aromatic carboxylic acids is 1. The fourth-order valence-electron chi connectivity index (χ4n) is 3.99. The standard InChI is InChI=1S/C28H24N2O7/c1-16-9-17(2)11-21(10-16)30-26(32)22(25(31)29-28(30)35)13-18-7-8-23(24(14-18)36-3)37-15-19-5-4-6-20(12-19)27(33)34/h4-14H,15H2,1-3H3,(H,33,34)(H,29,31,35)/b22-13+. The lowest BCUT2D eigenvalue weighted by molar-refractivity contribution is -0.122. The number of urea groups is 1. The molecule has 1 fully saturated rings. The zero-order chi connectivity index (χ0) is 26.7. The van der Waals surface area contributed by atoms with Crippen LogP contribution in [0.3, 0.4) is 0 Å². The Bertz CT molecular complexity index is 1440. The van der Waals surface area contributed by atoms with Gasteiger partial charge in [0.05, 0.1) is 18.4 Å². The van der Waals surface area contributed by atoms with E-state index in [9.17, 15) is 19.2 Å². The van der Waals surface area contributed by atoms with E-state index in [1.165, 1.54) is 25.3 Å². The first-order valence-electron chi connectivity index (χ1n) is 11.3. The van der Waals surface area contributed by atoms with Gasteiger partial charge in [-0.05, 0) is 78.6 Å². The Balaban J connectivity index is 1.59. The van der Waals surface area contributed by atoms with Crippen LogP contribution in [0.4, 0.5) is 10.5 Å². The summed E-state index contributed by atoms with van der Waals surface area (Å²) in [5.74, 6) is -1.84. The van der Waals surface area contributed by atoms with Crippen LogP contribution in [0.1, 0.15) is 32.6 Å². The number of amides is 4. The molecule has 0 unspecified atom stereocenters. The van der Waals surface area contributed by atoms with E-state index >= 15 is 0 Å². The van der Waals surface area contributed by atoms with Crippen molar-refractivity contribution in [2.24, 2.45) is 0 Å². The highest BCUT2D eigenvalue weighted by Crippen LogP contribution is 2.31. The predicted octanol–water partition coefficient (Wildman–Crippen LogP) is 4.26. The minimum absolute atomic E-state index is 0.103. The van der Waals surface area contributed by atoms with Crippen molar-refractivity contribution in [1.29, 1.82) is 0 Å². The van der Waals surface area contributed by atoms with Crippen LogP contribution in [0, 0.1) is 13.8 Å². The Morgan fingerprint density at radius 2 is 1.70 bits per heavy atom. The van der Waals surface area contributed by atoms with Crippen molar-refractivity contribution in [3.8, 4) is 11.5 Å². The van der Waals surface area contributed by atoms with Crippen LogP contribution in [0.15, 0.2) is 66.2 Å². The summed E-state index contributed by atoms with van der Waals surface area (Å²) in [5, 5.41) is 11.4. The summed E-state index contributed by atoms with van der Waals surface area (Å²) < 4.78 is 11.2. The highest BCUT2D eigenvalue weighted by Gasteiger charge is 2.37. The van der Waals surface area contributed by atoms with Gasteiger partial charge in [-0.2, -0.15) is 0 Å². The second kappa shape index (κ2) is 10.4. The van der Waals surface area contributed by atoms with E-state index in [1.807, 2.05) is 19.9 Å². The number of carboxylic acids is 1. The number of aryl methyl sites for hydroxylation is 2. The molecule has 1 aliphatic rings. The Kier molecular flexibility index (Phi) is 7.06. The molecule has 0 radical (unpaired) electrons. The number of carbonyl (C=O) groups is 4. The van der Waals surface area contributed by atoms with E-state index in [0.717, 1.165) is 16.0 Å². The van der Waals surface area contributed by atoms with Crippen LogP contribution in [-0.2, 0) is 16.2 Å². The molecule has 1 aliphatic heterocycles. The number of carboxylic acid groups (broad SMARTS) is 1. The summed E-state index contributed by atoms with van der Waals surface area (Å²) in [6.45, 7) is 3.80. The van der Waals surface area contributed by atoms with Crippen LogP contribution >= 0.6 is 0 Å². The quantitative estimate of drug-likeness (QED) is 0.367. The maximum absolute atomic E-state index is 13.2. The first-order valence-corrected chi connectivity index (χ1v) is 11.3. The highest BCUT2D eigenvalue weighted by atomic mass is 16.5. The molecule has 0 bridgehead atoms. The Morgan fingerprint density at radius 1 is 0.973 bits per heavy atom. The number of hydrogen-bond donors (Lipinski definition) is 2. The van der Waals surface area contributed by atoms with E-state index in [-0.39, 0.29) is 17.7 Å². The summed E-state index contributed by atoms with van der Waals surface area (Å²) in [6, 6.07) is 15.7. The number of rotatable bonds is 7. The first kappa shape index (κ1) is 25.2. The van der Waals surface area contributed by atoms with E-state index in [2.05, 4.69) is 5.32 Å². The molecule has 0 spiro atoms. The molecule has 0 atom stereocenters. The average Bonchev–Trinajstić information content (AvgIpc) is 2.85. The third-order valence-corrected chi connectivity index (χ3v) is 5.63. The van der Waals surface area contributed by atoms with Gasteiger partial charge in [0.1, 0.15) is 12.2 Å². The monoisotopic (exact) mass is 500 g/mol. The molecule has 37 heavy (non-hydrogen) atoms. The lowest BCUT2D eigenvalue weighted by atomic mass is 10.0. The first-order chi connectivity index (χ1) is 17.7. The van der Waals surface area contributed by atoms with Crippen molar-refractivity contribution >= 4 is 35.6 Å². The molecule has 0 aliphatic carbocycles. The second-order valence-electron chi connectivity index (χ2n) is 8.51. The third kappa shape index (κ3) is 5.51. The predicted molar refractivity (Wildman–Crippen MR) is 136 cm³/mol. The molecular formula is C28H24N2O7. The minimum atomic E-state index is -1.03. The van der Waals surface area contributed by atoms with Crippen LogP contribution < -0.4 is 19.7 Å². The number of nitrogens with one attached hydrogen (secondary N) is 1. The molecule has 3 aromatic carbocycles. The lowest BCUT2D eigenvalue weighted by Gasteiger charge is -2.27. The number of carbonyl (C=O) groups excluding carboxylic acids is 3. The van der Waals surface area contributed by atoms with Crippen molar-refractivity contribution in [2.75, 3.05) is 12.0 Å². The lowest BCUT2D eigenvalue weighted by Crippen LogP contribution is -2.54. The Labute approximate surface area is 212 Å². The van der Waals surface area contributed by atoms with Gasteiger partial charge in [0.15, 0.2) is 11.5 Å². The molecule has 9 nitrogen and oxygen atoms in total. The normalized spacial score (nSPS) is 14.5. The zero-order valence-corrected chi connectivity index (χ0v) is 20.4. The molecule has 188 valence electrons. The molecule has 1 heterocycles. The van der Waals surface area contributed by atoms with Gasteiger partial charge in [0, 0.05) is 0 Å². The van der Waals surface area contributed by atoms with Gasteiger partial charge in [0.2, 0.25) is 0 Å². The zero-order valence-electron chi connectivity index (χ0n) is 20.4. The molecule has 1 saturated heterocycles. The van der Waals surface area contributed by atoms with Gasteiger partial charge >= 0.3 is 12.0 Å². The number of anilines is 1. The molecular weight excluding hydrogens is 476 g/mol. The van der Waals surface area contributed by atoms with Crippen molar-refractivity contribution in [2.45, 2.75) is 20.5 Å². The summed E-state index contributed by atoms with van der Waals surface area (Å²) in [5.41, 5.74) is 3.19. The van der Waals surface area contributed by atoms with Crippen molar-refractivity contribution in [3.05, 3.63) is 94.1 Å². The number of methoxy groups -OCH3 is 1. The van der Waals surface area contributed by atoms with E-state index in [0.29, 0.717) is 28.3 Å². The molecule has 3 aromatic rings. The van der Waals surface area contributed by atoms with Crippen molar-refractivity contribution in [3.63, 3.8) is 0 Å². The van der Waals surface area contributed by atoms with Crippen LogP contribution in [0.5, 0.6) is 11.5 Å². The second-order valence-corrected chi connectivity index (χ2v) is 8.51. The topological polar surface area (TPSA) is 122 Å². The SMILES string of the molecule is COc1cc(/C=C2\C(=O)NC(=O)N(c3cc(C)cc(C)c3)C2=O)ccc1OCc1cccc(C(=O)O)c1. The van der Waals surface area contributed by atoms with Crippen LogP contribution in [0.2, 0.25) is 0 Å². The van der Waals surface area contributed by atoms with Gasteiger partial charge in [-0.3, -0.25) is 14.9 Å². The van der Waals surface area contributed by atoms with Gasteiger partial charge < -0.3 is 14.6 Å². The fraction of sp³-hybridized carbons (Fsp3) is 0.143. The number of nitrogens with zero attached hydrogens (tertiary/aromatic N) is 1. The fourth-order valence-corrected chi connectivity index (χ4v) is 3.99. The smallest absolute Gasteiger partial charge is 0.335 e. The highest BCUT2D eigenvalue weighted by molar-refractivity contribution is 6.39. The van der Waals surface area contributed by atoms with Crippen LogP contribution in [0.25, 0.3) is 6.08 Å². The number of hydrogen-bond acceptors (Lipinski definition) is 6. The molecule has 4 rings (SSSR count). The average molecular weight is 501 g/mol. The Morgan fingerprint density at radius 3 is 2.38 bits per heavy atom. The molecule has 9 heteroatoms. The van der Waals surface area contributed by atoms with Gasteiger partial charge in [0.25, 0.3) is 11.8 Å². The maximum atomic E-state index is 13.2. The van der Waals surface area contributed by atoms with Gasteiger partial charge in [-0.15, -0.1) is 0 Å². The molecule has 0 saturated carbocycles. The van der Waals surface area contributed by atoms with Gasteiger partial charge in [-0.1, -0.05) is 24.3 Å².